The van der Waals surface area contributed by atoms with Crippen LogP contribution >= 0.6 is 0 Å². The van der Waals surface area contributed by atoms with Crippen LogP contribution in [0.15, 0.2) is 29.3 Å². The normalized spacial score (nSPS) is 16.7. The summed E-state index contributed by atoms with van der Waals surface area (Å²) in [6, 6.07) is 6.71. The van der Waals surface area contributed by atoms with Gasteiger partial charge in [-0.3, -0.25) is 0 Å². The molecule has 12 nitrogen and oxygen atoms in total. The van der Waals surface area contributed by atoms with E-state index >= 15 is 0 Å². The quantitative estimate of drug-likeness (QED) is 0.180. The van der Waals surface area contributed by atoms with E-state index < -0.39 is 49.8 Å². The van der Waals surface area contributed by atoms with Crippen LogP contribution in [0, 0.1) is 0 Å². The second-order valence-corrected chi connectivity index (χ2v) is 18.8. The fourth-order valence-electron chi connectivity index (χ4n) is 3.67. The highest BCUT2D eigenvalue weighted by atomic mass is 28.4. The highest BCUT2D eigenvalue weighted by Gasteiger charge is 2.42. The second kappa shape index (κ2) is 14.0. The summed E-state index contributed by atoms with van der Waals surface area (Å²) in [5.74, 6) is 0.260. The fourth-order valence-corrected chi connectivity index (χ4v) is 4.90. The maximum atomic E-state index is 13.0. The number of carbonyl (C=O) groups excluding carboxylic acids is 2. The highest BCUT2D eigenvalue weighted by molar-refractivity contribution is 6.74. The van der Waals surface area contributed by atoms with E-state index in [-0.39, 0.29) is 37.2 Å². The molecule has 13 heteroatoms. The lowest BCUT2D eigenvalue weighted by Gasteiger charge is -2.39. The summed E-state index contributed by atoms with van der Waals surface area (Å²) in [5, 5.41) is 15.2. The number of alkyl carbamates (subject to hydrolysis) is 1. The molecule has 1 aliphatic rings. The van der Waals surface area contributed by atoms with Gasteiger partial charge in [-0.15, -0.1) is 0 Å². The standard InChI is InChI=1S/C30H50N4O8Si/c1-28(2,3)40-24(35)23(42-43(10,11)30(7,8)9)19-39-21-14-12-20(13-15-21)22-18-34(27(37)38)25(33-22)31-16-17-32-26(36)41-29(4,5)6/h12-15,22-23H,16-19H2,1-11H3,(H,31,33)(H,32,36)(H,37,38)/t22-,23?/m1/s1. The monoisotopic (exact) mass is 622 g/mol. The summed E-state index contributed by atoms with van der Waals surface area (Å²) in [7, 11) is -2.30. The van der Waals surface area contributed by atoms with Crippen molar-refractivity contribution >= 4 is 32.4 Å². The molecule has 1 aliphatic heterocycles. The van der Waals surface area contributed by atoms with Crippen LogP contribution in [-0.4, -0.2) is 86.0 Å². The minimum absolute atomic E-state index is 0.0134. The van der Waals surface area contributed by atoms with E-state index in [9.17, 15) is 19.5 Å². The molecule has 2 rings (SSSR count). The number of hydrogen-bond donors (Lipinski definition) is 3. The van der Waals surface area contributed by atoms with Crippen molar-refractivity contribution < 1.29 is 38.1 Å². The summed E-state index contributed by atoms with van der Waals surface area (Å²) < 4.78 is 23.2. The molecular formula is C30H50N4O8Si. The summed E-state index contributed by atoms with van der Waals surface area (Å²) in [6.45, 7) is 21.8. The maximum absolute atomic E-state index is 13.0. The molecule has 1 heterocycles. The van der Waals surface area contributed by atoms with Gasteiger partial charge in [-0.2, -0.15) is 0 Å². The Bertz CT molecular complexity index is 1150. The highest BCUT2D eigenvalue weighted by Crippen LogP contribution is 2.37. The molecule has 0 spiro atoms. The van der Waals surface area contributed by atoms with E-state index in [4.69, 9.17) is 18.6 Å². The molecular weight excluding hydrogens is 572 g/mol. The Morgan fingerprint density at radius 1 is 0.977 bits per heavy atom. The Labute approximate surface area is 256 Å². The van der Waals surface area contributed by atoms with Crippen LogP contribution in [0.2, 0.25) is 18.1 Å². The van der Waals surface area contributed by atoms with Crippen LogP contribution in [0.4, 0.5) is 9.59 Å². The van der Waals surface area contributed by atoms with E-state index in [0.29, 0.717) is 5.75 Å². The van der Waals surface area contributed by atoms with Gasteiger partial charge in [0.2, 0.25) is 5.96 Å². The molecule has 3 N–H and O–H groups in total. The molecule has 0 aromatic heterocycles. The summed E-state index contributed by atoms with van der Waals surface area (Å²) in [4.78, 5) is 42.4. The molecule has 2 atom stereocenters. The third-order valence-corrected chi connectivity index (χ3v) is 11.3. The van der Waals surface area contributed by atoms with Crippen LogP contribution in [0.25, 0.3) is 0 Å². The van der Waals surface area contributed by atoms with Gasteiger partial charge < -0.3 is 34.4 Å². The van der Waals surface area contributed by atoms with Crippen molar-refractivity contribution in [3.05, 3.63) is 29.8 Å². The Hall–Kier alpha value is -3.32. The lowest BCUT2D eigenvalue weighted by atomic mass is 10.1. The van der Waals surface area contributed by atoms with E-state index in [0.717, 1.165) is 10.5 Å². The molecule has 1 unspecified atom stereocenters. The molecule has 0 aliphatic carbocycles. The smallest absolute Gasteiger partial charge is 0.414 e. The van der Waals surface area contributed by atoms with Gasteiger partial charge in [0.1, 0.15) is 23.6 Å². The van der Waals surface area contributed by atoms with Crippen molar-refractivity contribution in [2.75, 3.05) is 26.2 Å². The Morgan fingerprint density at radius 3 is 2.07 bits per heavy atom. The number of amides is 2. The third kappa shape index (κ3) is 11.7. The van der Waals surface area contributed by atoms with Crippen LogP contribution < -0.4 is 15.4 Å². The van der Waals surface area contributed by atoms with Crippen molar-refractivity contribution in [2.24, 2.45) is 4.99 Å². The number of nitrogens with zero attached hydrogens (tertiary/aromatic N) is 2. The van der Waals surface area contributed by atoms with Crippen LogP contribution in [0.1, 0.15) is 73.9 Å². The first-order valence-electron chi connectivity index (χ1n) is 14.5. The number of aliphatic imine (C=N–C) groups is 1. The molecule has 1 aromatic carbocycles. The topological polar surface area (TPSA) is 148 Å². The van der Waals surface area contributed by atoms with Gasteiger partial charge in [-0.25, -0.2) is 24.3 Å². The maximum Gasteiger partial charge on any atom is 0.414 e. The average Bonchev–Trinajstić information content (AvgIpc) is 3.26. The van der Waals surface area contributed by atoms with Gasteiger partial charge in [0.25, 0.3) is 0 Å². The molecule has 43 heavy (non-hydrogen) atoms. The van der Waals surface area contributed by atoms with Gasteiger partial charge in [0, 0.05) is 13.1 Å². The number of carbonyl (C=O) groups is 3. The third-order valence-electron chi connectivity index (χ3n) is 6.78. The fraction of sp³-hybridized carbons (Fsp3) is 0.667. The van der Waals surface area contributed by atoms with Gasteiger partial charge in [-0.05, 0) is 77.4 Å². The average molecular weight is 623 g/mol. The van der Waals surface area contributed by atoms with Crippen LogP contribution in [0.3, 0.4) is 0 Å². The molecule has 242 valence electrons. The van der Waals surface area contributed by atoms with Gasteiger partial charge in [0.05, 0.1) is 12.6 Å². The van der Waals surface area contributed by atoms with Crippen molar-refractivity contribution in [3.8, 4) is 5.75 Å². The molecule has 1 aromatic rings. The molecule has 0 bridgehead atoms. The molecule has 0 saturated carbocycles. The first-order valence-corrected chi connectivity index (χ1v) is 17.4. The second-order valence-electron chi connectivity index (χ2n) is 14.0. The Morgan fingerprint density at radius 2 is 1.56 bits per heavy atom. The minimum Gasteiger partial charge on any atom is -0.490 e. The van der Waals surface area contributed by atoms with Crippen molar-refractivity contribution in [1.29, 1.82) is 0 Å². The molecule has 2 amide bonds. The molecule has 0 fully saturated rings. The summed E-state index contributed by atoms with van der Waals surface area (Å²) >= 11 is 0. The molecule has 0 radical (unpaired) electrons. The van der Waals surface area contributed by atoms with Gasteiger partial charge >= 0.3 is 18.2 Å². The number of carboxylic acid groups (broad SMARTS) is 1. The predicted molar refractivity (Wildman–Crippen MR) is 167 cm³/mol. The largest absolute Gasteiger partial charge is 0.490 e. The Kier molecular flexibility index (Phi) is 11.7. The summed E-state index contributed by atoms with van der Waals surface area (Å²) in [5.41, 5.74) is -0.482. The minimum atomic E-state index is -2.30. The van der Waals surface area contributed by atoms with Gasteiger partial charge in [0.15, 0.2) is 14.4 Å². The van der Waals surface area contributed by atoms with Crippen LogP contribution in [0.5, 0.6) is 5.75 Å². The number of guanidine groups is 1. The van der Waals surface area contributed by atoms with E-state index in [1.807, 2.05) is 32.9 Å². The zero-order valence-corrected chi connectivity index (χ0v) is 28.5. The van der Waals surface area contributed by atoms with Crippen molar-refractivity contribution in [2.45, 2.75) is 104 Å². The first kappa shape index (κ1) is 35.9. The summed E-state index contributed by atoms with van der Waals surface area (Å²) in [6.07, 6.45) is -2.58. The molecule has 0 saturated heterocycles. The zero-order chi connectivity index (χ0) is 32.8. The van der Waals surface area contributed by atoms with E-state index in [1.54, 1.807) is 32.9 Å². The number of ether oxygens (including phenoxy) is 3. The first-order chi connectivity index (χ1) is 19.6. The SMILES string of the molecule is CC(C)(C)OC(=O)NCCNC1=N[C@@H](c2ccc(OCC(O[Si](C)(C)C(C)(C)C)C(=O)OC(C)(C)C)cc2)CN1C(=O)O. The lowest BCUT2D eigenvalue weighted by molar-refractivity contribution is -0.165. The number of rotatable bonds is 10. The Balaban J connectivity index is 2.05. The van der Waals surface area contributed by atoms with Crippen molar-refractivity contribution in [3.63, 3.8) is 0 Å². The number of nitrogens with one attached hydrogen (secondary N) is 2. The predicted octanol–water partition coefficient (Wildman–Crippen LogP) is 5.30. The van der Waals surface area contributed by atoms with Gasteiger partial charge in [-0.1, -0.05) is 32.9 Å². The number of hydrogen-bond acceptors (Lipinski definition) is 9. The van der Waals surface area contributed by atoms with Crippen molar-refractivity contribution in [1.82, 2.24) is 15.5 Å². The lowest BCUT2D eigenvalue weighted by Crippen LogP contribution is -2.49. The van der Waals surface area contributed by atoms with E-state index in [2.05, 4.69) is 49.5 Å². The number of benzene rings is 1. The van der Waals surface area contributed by atoms with Crippen LogP contribution in [-0.2, 0) is 18.7 Å². The van der Waals surface area contributed by atoms with E-state index in [1.165, 1.54) is 0 Å². The zero-order valence-electron chi connectivity index (χ0n) is 27.5. The number of esters is 1.